The van der Waals surface area contributed by atoms with Gasteiger partial charge in [-0.25, -0.2) is 0 Å². The Morgan fingerprint density at radius 2 is 1.24 bits per heavy atom. The zero-order valence-electron chi connectivity index (χ0n) is 11.5. The highest BCUT2D eigenvalue weighted by atomic mass is 32.2. The van der Waals surface area contributed by atoms with E-state index in [4.69, 9.17) is 0 Å². The second kappa shape index (κ2) is 6.61. The molecule has 104 valence electrons. The average molecular weight is 292 g/mol. The molecule has 0 saturated heterocycles. The fourth-order valence-electron chi connectivity index (χ4n) is 2.23. The first-order chi connectivity index (χ1) is 10.3. The Morgan fingerprint density at radius 3 is 1.95 bits per heavy atom. The van der Waals surface area contributed by atoms with E-state index in [-0.39, 0.29) is 0 Å². The summed E-state index contributed by atoms with van der Waals surface area (Å²) in [5.74, 6) is 0. The molecule has 0 radical (unpaired) electrons. The minimum Gasteiger partial charge on any atom is -0.384 e. The van der Waals surface area contributed by atoms with Gasteiger partial charge in [-0.1, -0.05) is 78.5 Å². The Bertz CT molecular complexity index is 695. The largest absolute Gasteiger partial charge is 0.384 e. The molecule has 3 rings (SSSR count). The highest BCUT2D eigenvalue weighted by Crippen LogP contribution is 2.35. The third kappa shape index (κ3) is 3.35. The molecule has 0 aliphatic heterocycles. The van der Waals surface area contributed by atoms with Crippen molar-refractivity contribution in [1.82, 2.24) is 0 Å². The van der Waals surface area contributed by atoms with E-state index in [9.17, 15) is 5.11 Å². The van der Waals surface area contributed by atoms with Gasteiger partial charge in [-0.2, -0.15) is 0 Å². The van der Waals surface area contributed by atoms with Gasteiger partial charge in [0, 0.05) is 9.79 Å². The van der Waals surface area contributed by atoms with Gasteiger partial charge in [-0.3, -0.25) is 0 Å². The number of benzene rings is 3. The lowest BCUT2D eigenvalue weighted by atomic mass is 10.0. The van der Waals surface area contributed by atoms with Gasteiger partial charge in [0.25, 0.3) is 0 Å². The minimum atomic E-state index is -0.599. The van der Waals surface area contributed by atoms with E-state index >= 15 is 0 Å². The SMILES string of the molecule is OC(c1ccccc1)c1ccccc1Sc1ccccc1. The van der Waals surface area contributed by atoms with Crippen molar-refractivity contribution in [3.05, 3.63) is 96.1 Å². The van der Waals surface area contributed by atoms with Crippen molar-refractivity contribution in [2.24, 2.45) is 0 Å². The lowest BCUT2D eigenvalue weighted by Crippen LogP contribution is -2.00. The van der Waals surface area contributed by atoms with Gasteiger partial charge in [-0.15, -0.1) is 0 Å². The third-order valence-electron chi connectivity index (χ3n) is 3.30. The van der Waals surface area contributed by atoms with E-state index in [1.807, 2.05) is 66.7 Å². The fraction of sp³-hybridized carbons (Fsp3) is 0.0526. The van der Waals surface area contributed by atoms with Crippen molar-refractivity contribution in [3.8, 4) is 0 Å². The van der Waals surface area contributed by atoms with Crippen LogP contribution < -0.4 is 0 Å². The van der Waals surface area contributed by atoms with Crippen LogP contribution in [0.4, 0.5) is 0 Å². The second-order valence-corrected chi connectivity index (χ2v) is 5.88. The van der Waals surface area contributed by atoms with Crippen molar-refractivity contribution < 1.29 is 5.11 Å². The third-order valence-corrected chi connectivity index (χ3v) is 4.40. The number of hydrogen-bond acceptors (Lipinski definition) is 2. The Kier molecular flexibility index (Phi) is 4.39. The summed E-state index contributed by atoms with van der Waals surface area (Å²) in [7, 11) is 0. The van der Waals surface area contributed by atoms with Gasteiger partial charge in [-0.05, 0) is 29.3 Å². The highest BCUT2D eigenvalue weighted by Gasteiger charge is 2.14. The molecule has 0 saturated carbocycles. The average Bonchev–Trinajstić information content (AvgIpc) is 2.56. The Hall–Kier alpha value is -2.03. The Balaban J connectivity index is 1.93. The van der Waals surface area contributed by atoms with E-state index in [1.54, 1.807) is 11.8 Å². The molecule has 0 fully saturated rings. The minimum absolute atomic E-state index is 0.599. The van der Waals surface area contributed by atoms with Gasteiger partial charge in [0.05, 0.1) is 0 Å². The summed E-state index contributed by atoms with van der Waals surface area (Å²) in [6.45, 7) is 0. The molecule has 0 bridgehead atoms. The first-order valence-electron chi connectivity index (χ1n) is 6.89. The maximum atomic E-state index is 10.6. The maximum absolute atomic E-state index is 10.6. The van der Waals surface area contributed by atoms with Gasteiger partial charge < -0.3 is 5.11 Å². The van der Waals surface area contributed by atoms with Gasteiger partial charge >= 0.3 is 0 Å². The highest BCUT2D eigenvalue weighted by molar-refractivity contribution is 7.99. The molecular formula is C19H16OS. The molecule has 0 aliphatic rings. The van der Waals surface area contributed by atoms with Crippen LogP contribution >= 0.6 is 11.8 Å². The molecule has 3 aromatic rings. The molecule has 3 aromatic carbocycles. The lowest BCUT2D eigenvalue weighted by Gasteiger charge is -2.15. The van der Waals surface area contributed by atoms with Crippen molar-refractivity contribution in [1.29, 1.82) is 0 Å². The van der Waals surface area contributed by atoms with Crippen molar-refractivity contribution >= 4 is 11.8 Å². The van der Waals surface area contributed by atoms with E-state index in [0.717, 1.165) is 16.0 Å². The van der Waals surface area contributed by atoms with Crippen LogP contribution in [0.5, 0.6) is 0 Å². The predicted octanol–water partition coefficient (Wildman–Crippen LogP) is 4.92. The topological polar surface area (TPSA) is 20.2 Å². The number of hydrogen-bond donors (Lipinski definition) is 1. The molecule has 1 N–H and O–H groups in total. The summed E-state index contributed by atoms with van der Waals surface area (Å²) >= 11 is 1.68. The van der Waals surface area contributed by atoms with Crippen LogP contribution in [-0.2, 0) is 0 Å². The van der Waals surface area contributed by atoms with Crippen molar-refractivity contribution in [2.45, 2.75) is 15.9 Å². The van der Waals surface area contributed by atoms with E-state index < -0.39 is 6.10 Å². The van der Waals surface area contributed by atoms with E-state index in [0.29, 0.717) is 0 Å². The molecule has 21 heavy (non-hydrogen) atoms. The zero-order chi connectivity index (χ0) is 14.5. The van der Waals surface area contributed by atoms with Crippen LogP contribution in [0, 0.1) is 0 Å². The molecule has 1 unspecified atom stereocenters. The van der Waals surface area contributed by atoms with Gasteiger partial charge in [0.1, 0.15) is 6.10 Å². The summed E-state index contributed by atoms with van der Waals surface area (Å²) in [4.78, 5) is 2.25. The molecule has 0 spiro atoms. The summed E-state index contributed by atoms with van der Waals surface area (Å²) in [5.41, 5.74) is 1.86. The smallest absolute Gasteiger partial charge is 0.105 e. The quantitative estimate of drug-likeness (QED) is 0.736. The van der Waals surface area contributed by atoms with E-state index in [2.05, 4.69) is 18.2 Å². The molecule has 1 atom stereocenters. The van der Waals surface area contributed by atoms with Crippen molar-refractivity contribution in [3.63, 3.8) is 0 Å². The monoisotopic (exact) mass is 292 g/mol. The summed E-state index contributed by atoms with van der Waals surface area (Å²) < 4.78 is 0. The van der Waals surface area contributed by atoms with Gasteiger partial charge in [0.15, 0.2) is 0 Å². The number of aliphatic hydroxyl groups excluding tert-OH is 1. The van der Waals surface area contributed by atoms with Crippen LogP contribution in [0.1, 0.15) is 17.2 Å². The summed E-state index contributed by atoms with van der Waals surface area (Å²) in [6.07, 6.45) is -0.599. The zero-order valence-corrected chi connectivity index (χ0v) is 12.3. The lowest BCUT2D eigenvalue weighted by molar-refractivity contribution is 0.217. The molecule has 1 nitrogen and oxygen atoms in total. The fourth-order valence-corrected chi connectivity index (χ4v) is 3.22. The molecule has 0 heterocycles. The van der Waals surface area contributed by atoms with Crippen LogP contribution in [-0.4, -0.2) is 5.11 Å². The number of rotatable bonds is 4. The summed E-state index contributed by atoms with van der Waals surface area (Å²) in [5, 5.41) is 10.6. The molecular weight excluding hydrogens is 276 g/mol. The molecule has 0 aliphatic carbocycles. The Morgan fingerprint density at radius 1 is 0.667 bits per heavy atom. The maximum Gasteiger partial charge on any atom is 0.105 e. The first kappa shape index (κ1) is 13.9. The first-order valence-corrected chi connectivity index (χ1v) is 7.71. The van der Waals surface area contributed by atoms with Crippen LogP contribution in [0.15, 0.2) is 94.7 Å². The molecule has 2 heteroatoms. The Labute approximate surface area is 129 Å². The summed E-state index contributed by atoms with van der Waals surface area (Å²) in [6, 6.07) is 28.0. The second-order valence-electron chi connectivity index (χ2n) is 4.77. The molecule has 0 aromatic heterocycles. The predicted molar refractivity (Wildman–Crippen MR) is 87.5 cm³/mol. The van der Waals surface area contributed by atoms with Crippen LogP contribution in [0.25, 0.3) is 0 Å². The van der Waals surface area contributed by atoms with Crippen LogP contribution in [0.3, 0.4) is 0 Å². The standard InChI is InChI=1S/C19H16OS/c20-19(15-9-3-1-4-10-15)17-13-7-8-14-18(17)21-16-11-5-2-6-12-16/h1-14,19-20H. The van der Waals surface area contributed by atoms with Crippen molar-refractivity contribution in [2.75, 3.05) is 0 Å². The van der Waals surface area contributed by atoms with Crippen LogP contribution in [0.2, 0.25) is 0 Å². The van der Waals surface area contributed by atoms with Gasteiger partial charge in [0.2, 0.25) is 0 Å². The van der Waals surface area contributed by atoms with E-state index in [1.165, 1.54) is 4.90 Å². The molecule has 0 amide bonds. The number of aliphatic hydroxyl groups is 1. The normalized spacial score (nSPS) is 12.0.